The Morgan fingerprint density at radius 3 is 2.67 bits per heavy atom. The Morgan fingerprint density at radius 1 is 1.28 bits per heavy atom. The Kier molecular flexibility index (Phi) is 4.80. The summed E-state index contributed by atoms with van der Waals surface area (Å²) in [5.74, 6) is 0.842. The lowest BCUT2D eigenvalue weighted by molar-refractivity contribution is 0.219. The van der Waals surface area contributed by atoms with Crippen molar-refractivity contribution in [2.24, 2.45) is 0 Å². The molecular weight excluding hydrogens is 363 g/mol. The topological polar surface area (TPSA) is 32.3 Å². The standard InChI is InChI=1S/C12H18ClIN4/c1-8-10(14)11(13)16-12(15-8)9-7-17(2)5-4-6-18(9)3/h9H,4-7H2,1-3H3. The zero-order valence-corrected chi connectivity index (χ0v) is 13.9. The first-order chi connectivity index (χ1) is 8.49. The van der Waals surface area contributed by atoms with Gasteiger partial charge in [0, 0.05) is 6.54 Å². The molecule has 100 valence electrons. The zero-order valence-electron chi connectivity index (χ0n) is 11.0. The van der Waals surface area contributed by atoms with Gasteiger partial charge in [0.25, 0.3) is 0 Å². The molecule has 1 saturated heterocycles. The minimum Gasteiger partial charge on any atom is -0.304 e. The summed E-state index contributed by atoms with van der Waals surface area (Å²) in [7, 11) is 4.28. The van der Waals surface area contributed by atoms with E-state index in [0.29, 0.717) is 5.15 Å². The molecule has 1 aromatic rings. The van der Waals surface area contributed by atoms with Crippen molar-refractivity contribution < 1.29 is 0 Å². The van der Waals surface area contributed by atoms with Gasteiger partial charge in [-0.1, -0.05) is 11.6 Å². The Bertz CT molecular complexity index is 417. The molecule has 0 amide bonds. The molecule has 1 unspecified atom stereocenters. The molecule has 1 aromatic heterocycles. The van der Waals surface area contributed by atoms with Crippen LogP contribution in [0.25, 0.3) is 0 Å². The average molecular weight is 381 g/mol. The molecule has 18 heavy (non-hydrogen) atoms. The fourth-order valence-corrected chi connectivity index (χ4v) is 2.71. The van der Waals surface area contributed by atoms with E-state index in [1.807, 2.05) is 6.92 Å². The molecule has 0 N–H and O–H groups in total. The second kappa shape index (κ2) is 5.98. The molecule has 0 bridgehead atoms. The van der Waals surface area contributed by atoms with Crippen molar-refractivity contribution in [3.63, 3.8) is 0 Å². The van der Waals surface area contributed by atoms with Gasteiger partial charge in [-0.05, 0) is 63.1 Å². The molecule has 2 heterocycles. The molecule has 2 rings (SSSR count). The second-order valence-corrected chi connectivity index (χ2v) is 6.32. The summed E-state index contributed by atoms with van der Waals surface area (Å²) in [6, 6.07) is 0.227. The zero-order chi connectivity index (χ0) is 13.3. The van der Waals surface area contributed by atoms with Crippen molar-refractivity contribution in [3.8, 4) is 0 Å². The van der Waals surface area contributed by atoms with Crippen LogP contribution in [0, 0.1) is 10.5 Å². The van der Waals surface area contributed by atoms with Crippen molar-refractivity contribution >= 4 is 34.2 Å². The van der Waals surface area contributed by atoms with Gasteiger partial charge < -0.3 is 4.90 Å². The van der Waals surface area contributed by atoms with E-state index in [1.54, 1.807) is 0 Å². The van der Waals surface area contributed by atoms with Gasteiger partial charge in [-0.2, -0.15) is 0 Å². The summed E-state index contributed by atoms with van der Waals surface area (Å²) in [6.45, 7) is 5.13. The van der Waals surface area contributed by atoms with Gasteiger partial charge in [0.05, 0.1) is 15.3 Å². The van der Waals surface area contributed by atoms with E-state index in [2.05, 4.69) is 56.5 Å². The Morgan fingerprint density at radius 2 is 2.00 bits per heavy atom. The first kappa shape index (κ1) is 14.4. The number of aryl methyl sites for hydroxylation is 1. The fraction of sp³-hybridized carbons (Fsp3) is 0.667. The van der Waals surface area contributed by atoms with Crippen molar-refractivity contribution in [2.45, 2.75) is 19.4 Å². The van der Waals surface area contributed by atoms with Crippen LogP contribution in [-0.4, -0.2) is 53.5 Å². The third-order valence-corrected chi connectivity index (χ3v) is 5.24. The van der Waals surface area contributed by atoms with E-state index in [4.69, 9.17) is 11.6 Å². The normalized spacial score (nSPS) is 23.1. The minimum absolute atomic E-state index is 0.227. The van der Waals surface area contributed by atoms with E-state index in [-0.39, 0.29) is 6.04 Å². The van der Waals surface area contributed by atoms with Crippen LogP contribution < -0.4 is 0 Å². The lowest BCUT2D eigenvalue weighted by Crippen LogP contribution is -2.32. The van der Waals surface area contributed by atoms with Crippen LogP contribution in [-0.2, 0) is 0 Å². The molecule has 0 spiro atoms. The maximum absolute atomic E-state index is 6.17. The third kappa shape index (κ3) is 3.12. The lowest BCUT2D eigenvalue weighted by atomic mass is 10.2. The van der Waals surface area contributed by atoms with Crippen LogP contribution in [0.2, 0.25) is 5.15 Å². The van der Waals surface area contributed by atoms with Crippen LogP contribution in [0.4, 0.5) is 0 Å². The number of likely N-dealkylation sites (N-methyl/N-ethyl adjacent to an activating group) is 2. The van der Waals surface area contributed by atoms with E-state index in [0.717, 1.165) is 34.7 Å². The minimum atomic E-state index is 0.227. The molecule has 0 aliphatic carbocycles. The predicted octanol–water partition coefficient (Wildman–Crippen LogP) is 2.35. The molecule has 0 radical (unpaired) electrons. The van der Waals surface area contributed by atoms with Crippen LogP contribution >= 0.6 is 34.2 Å². The van der Waals surface area contributed by atoms with Crippen LogP contribution in [0.5, 0.6) is 0 Å². The highest BCUT2D eigenvalue weighted by Crippen LogP contribution is 2.25. The molecule has 1 aliphatic heterocycles. The molecule has 1 atom stereocenters. The molecular formula is C12H18ClIN4. The summed E-state index contributed by atoms with van der Waals surface area (Å²) in [5.41, 5.74) is 0.964. The van der Waals surface area contributed by atoms with E-state index in [1.165, 1.54) is 6.42 Å². The van der Waals surface area contributed by atoms with Gasteiger partial charge in [0.1, 0.15) is 11.0 Å². The van der Waals surface area contributed by atoms with Gasteiger partial charge in [-0.15, -0.1) is 0 Å². The maximum Gasteiger partial charge on any atom is 0.148 e. The second-order valence-electron chi connectivity index (χ2n) is 4.88. The summed E-state index contributed by atoms with van der Waals surface area (Å²) >= 11 is 8.36. The quantitative estimate of drug-likeness (QED) is 0.553. The first-order valence-corrected chi connectivity index (χ1v) is 7.53. The van der Waals surface area contributed by atoms with Gasteiger partial charge in [-0.3, -0.25) is 4.90 Å². The van der Waals surface area contributed by atoms with Crippen LogP contribution in [0.15, 0.2) is 0 Å². The highest BCUT2D eigenvalue weighted by Gasteiger charge is 2.25. The molecule has 4 nitrogen and oxygen atoms in total. The average Bonchev–Trinajstić information content (AvgIpc) is 2.47. The number of hydrogen-bond donors (Lipinski definition) is 0. The third-order valence-electron chi connectivity index (χ3n) is 3.36. The van der Waals surface area contributed by atoms with Crippen molar-refractivity contribution in [1.82, 2.24) is 19.8 Å². The molecule has 6 heteroatoms. The largest absolute Gasteiger partial charge is 0.304 e. The maximum atomic E-state index is 6.17. The number of aromatic nitrogens is 2. The van der Waals surface area contributed by atoms with Gasteiger partial charge in [-0.25, -0.2) is 9.97 Å². The number of halogens is 2. The van der Waals surface area contributed by atoms with Crippen LogP contribution in [0.3, 0.4) is 0 Å². The monoisotopic (exact) mass is 380 g/mol. The van der Waals surface area contributed by atoms with Gasteiger partial charge >= 0.3 is 0 Å². The number of nitrogens with zero attached hydrogens (tertiary/aromatic N) is 4. The smallest absolute Gasteiger partial charge is 0.148 e. The molecule has 1 aliphatic rings. The first-order valence-electron chi connectivity index (χ1n) is 6.07. The molecule has 0 aromatic carbocycles. The number of hydrogen-bond acceptors (Lipinski definition) is 4. The lowest BCUT2D eigenvalue weighted by Gasteiger charge is -2.26. The summed E-state index contributed by atoms with van der Waals surface area (Å²) < 4.78 is 0.947. The summed E-state index contributed by atoms with van der Waals surface area (Å²) in [6.07, 6.45) is 1.18. The Hall–Kier alpha value is 0.0200. The van der Waals surface area contributed by atoms with E-state index in [9.17, 15) is 0 Å². The van der Waals surface area contributed by atoms with E-state index >= 15 is 0 Å². The Labute approximate surface area is 127 Å². The Balaban J connectivity index is 2.33. The van der Waals surface area contributed by atoms with Crippen LogP contribution in [0.1, 0.15) is 24.0 Å². The molecule has 0 saturated carbocycles. The van der Waals surface area contributed by atoms with Crippen molar-refractivity contribution in [3.05, 3.63) is 20.2 Å². The summed E-state index contributed by atoms with van der Waals surface area (Å²) in [5, 5.41) is 0.568. The highest BCUT2D eigenvalue weighted by molar-refractivity contribution is 14.1. The predicted molar refractivity (Wildman–Crippen MR) is 82.0 cm³/mol. The van der Waals surface area contributed by atoms with Crippen molar-refractivity contribution in [1.29, 1.82) is 0 Å². The van der Waals surface area contributed by atoms with Gasteiger partial charge in [0.15, 0.2) is 0 Å². The molecule has 1 fully saturated rings. The number of rotatable bonds is 1. The summed E-state index contributed by atoms with van der Waals surface area (Å²) in [4.78, 5) is 13.7. The van der Waals surface area contributed by atoms with Crippen molar-refractivity contribution in [2.75, 3.05) is 33.7 Å². The van der Waals surface area contributed by atoms with E-state index < -0.39 is 0 Å². The fourth-order valence-electron chi connectivity index (χ4n) is 2.24. The SMILES string of the molecule is Cc1nc(C2CN(C)CCCN2C)nc(Cl)c1I. The van der Waals surface area contributed by atoms with Gasteiger partial charge in [0.2, 0.25) is 0 Å². The highest BCUT2D eigenvalue weighted by atomic mass is 127.